The van der Waals surface area contributed by atoms with Gasteiger partial charge < -0.3 is 27.8 Å². The summed E-state index contributed by atoms with van der Waals surface area (Å²) in [5, 5.41) is 0. The summed E-state index contributed by atoms with van der Waals surface area (Å²) in [7, 11) is -2.10. The Kier molecular flexibility index (Phi) is 10.5. The molecule has 0 aromatic heterocycles. The van der Waals surface area contributed by atoms with E-state index in [-0.39, 0.29) is 0 Å². The SMILES string of the molecule is CCO[SiH](OCC)C(CCCOCC1CO1)(OCC)OCC. The van der Waals surface area contributed by atoms with Crippen LogP contribution >= 0.6 is 0 Å². The summed E-state index contributed by atoms with van der Waals surface area (Å²) < 4.78 is 34.4. The van der Waals surface area contributed by atoms with E-state index in [1.807, 2.05) is 27.7 Å². The highest BCUT2D eigenvalue weighted by atomic mass is 28.3. The van der Waals surface area contributed by atoms with Gasteiger partial charge in [-0.1, -0.05) is 0 Å². The van der Waals surface area contributed by atoms with Crippen molar-refractivity contribution in [2.75, 3.05) is 46.2 Å². The topological polar surface area (TPSA) is 58.7 Å². The molecule has 1 aliphatic rings. The molecule has 132 valence electrons. The van der Waals surface area contributed by atoms with Crippen LogP contribution in [0, 0.1) is 0 Å². The third-order valence-corrected chi connectivity index (χ3v) is 5.90. The van der Waals surface area contributed by atoms with Crippen LogP contribution in [0.3, 0.4) is 0 Å². The van der Waals surface area contributed by atoms with Gasteiger partial charge >= 0.3 is 9.28 Å². The molecule has 1 fully saturated rings. The normalized spacial score (nSPS) is 18.1. The molecule has 0 saturated carbocycles. The van der Waals surface area contributed by atoms with Gasteiger partial charge in [-0.25, -0.2) is 0 Å². The largest absolute Gasteiger partial charge is 0.394 e. The van der Waals surface area contributed by atoms with Crippen LogP contribution in [0.1, 0.15) is 40.5 Å². The van der Waals surface area contributed by atoms with E-state index in [1.54, 1.807) is 0 Å². The standard InChI is InChI=1S/C15H32O6Si/c1-5-18-15(19-6-2,22(20-7-3)21-8-4)10-9-11-16-12-14-13-17-14/h14,22H,5-13H2,1-4H3. The molecule has 0 amide bonds. The zero-order valence-electron chi connectivity index (χ0n) is 14.5. The van der Waals surface area contributed by atoms with Gasteiger partial charge in [-0.05, 0) is 34.1 Å². The van der Waals surface area contributed by atoms with Gasteiger partial charge in [0.05, 0.1) is 13.2 Å². The van der Waals surface area contributed by atoms with Crippen molar-refractivity contribution in [2.24, 2.45) is 0 Å². The lowest BCUT2D eigenvalue weighted by Gasteiger charge is -2.37. The van der Waals surface area contributed by atoms with Gasteiger partial charge in [0.2, 0.25) is 5.41 Å². The van der Waals surface area contributed by atoms with Crippen LogP contribution in [0.15, 0.2) is 0 Å². The number of rotatable bonds is 15. The molecule has 0 spiro atoms. The van der Waals surface area contributed by atoms with Crippen molar-refractivity contribution in [3.8, 4) is 0 Å². The van der Waals surface area contributed by atoms with Crippen LogP contribution in [0.4, 0.5) is 0 Å². The first-order valence-corrected chi connectivity index (χ1v) is 9.94. The number of hydrogen-bond acceptors (Lipinski definition) is 6. The fourth-order valence-electron chi connectivity index (χ4n) is 2.33. The Morgan fingerprint density at radius 3 is 2.05 bits per heavy atom. The molecule has 22 heavy (non-hydrogen) atoms. The van der Waals surface area contributed by atoms with Gasteiger partial charge in [0.1, 0.15) is 6.10 Å². The monoisotopic (exact) mass is 336 g/mol. The highest BCUT2D eigenvalue weighted by molar-refractivity contribution is 6.47. The van der Waals surface area contributed by atoms with Crippen LogP contribution in [0.25, 0.3) is 0 Å². The third kappa shape index (κ3) is 7.04. The molecular formula is C15H32O6Si. The molecule has 7 heteroatoms. The van der Waals surface area contributed by atoms with Crippen molar-refractivity contribution in [1.82, 2.24) is 0 Å². The molecule has 1 unspecified atom stereocenters. The summed E-state index contributed by atoms with van der Waals surface area (Å²) in [6.07, 6.45) is 1.87. The fourth-order valence-corrected chi connectivity index (χ4v) is 4.59. The number of ether oxygens (including phenoxy) is 4. The highest BCUT2D eigenvalue weighted by Gasteiger charge is 2.45. The Morgan fingerprint density at radius 1 is 1.00 bits per heavy atom. The van der Waals surface area contributed by atoms with E-state index in [0.717, 1.165) is 19.4 Å². The fraction of sp³-hybridized carbons (Fsp3) is 1.00. The van der Waals surface area contributed by atoms with Crippen molar-refractivity contribution in [2.45, 2.75) is 52.1 Å². The lowest BCUT2D eigenvalue weighted by molar-refractivity contribution is -0.201. The zero-order chi connectivity index (χ0) is 16.3. The second-order valence-corrected chi connectivity index (χ2v) is 7.26. The Labute approximate surface area is 136 Å². The summed E-state index contributed by atoms with van der Waals surface area (Å²) >= 11 is 0. The van der Waals surface area contributed by atoms with Crippen molar-refractivity contribution in [3.63, 3.8) is 0 Å². The van der Waals surface area contributed by atoms with Gasteiger partial charge in [0, 0.05) is 39.5 Å². The van der Waals surface area contributed by atoms with Crippen LogP contribution < -0.4 is 0 Å². The predicted octanol–water partition coefficient (Wildman–Crippen LogP) is 1.78. The molecule has 1 aliphatic heterocycles. The summed E-state index contributed by atoms with van der Waals surface area (Å²) in [4.78, 5) is 0. The molecule has 0 N–H and O–H groups in total. The first-order chi connectivity index (χ1) is 10.7. The minimum Gasteiger partial charge on any atom is -0.394 e. The van der Waals surface area contributed by atoms with Crippen LogP contribution in [-0.4, -0.2) is 67.0 Å². The first kappa shape index (κ1) is 20.0. The molecule has 0 bridgehead atoms. The maximum absolute atomic E-state index is 5.99. The number of hydrogen-bond donors (Lipinski definition) is 0. The first-order valence-electron chi connectivity index (χ1n) is 8.42. The van der Waals surface area contributed by atoms with E-state index in [0.29, 0.717) is 45.7 Å². The molecule has 1 atom stereocenters. The molecular weight excluding hydrogens is 304 g/mol. The van der Waals surface area contributed by atoms with Crippen molar-refractivity contribution in [3.05, 3.63) is 0 Å². The summed E-state index contributed by atoms with van der Waals surface area (Å²) in [5.41, 5.74) is -0.741. The Bertz CT molecular complexity index is 263. The summed E-state index contributed by atoms with van der Waals surface area (Å²) in [6, 6.07) is 0. The average molecular weight is 337 g/mol. The molecule has 0 aromatic carbocycles. The minimum absolute atomic E-state index is 0.303. The molecule has 0 aliphatic carbocycles. The molecule has 0 radical (unpaired) electrons. The molecule has 6 nitrogen and oxygen atoms in total. The van der Waals surface area contributed by atoms with Crippen LogP contribution in [0.2, 0.25) is 0 Å². The van der Waals surface area contributed by atoms with Crippen molar-refractivity contribution < 1.29 is 27.8 Å². The number of epoxide rings is 1. The lowest BCUT2D eigenvalue weighted by Crippen LogP contribution is -2.54. The van der Waals surface area contributed by atoms with E-state index >= 15 is 0 Å². The second kappa shape index (κ2) is 11.5. The van der Waals surface area contributed by atoms with E-state index < -0.39 is 14.7 Å². The van der Waals surface area contributed by atoms with Gasteiger partial charge in [0.25, 0.3) is 0 Å². The Hall–Kier alpha value is -0.0231. The average Bonchev–Trinajstić information content (AvgIpc) is 3.31. The van der Waals surface area contributed by atoms with Crippen molar-refractivity contribution in [1.29, 1.82) is 0 Å². The maximum atomic E-state index is 5.99. The molecule has 1 saturated heterocycles. The predicted molar refractivity (Wildman–Crippen MR) is 86.2 cm³/mol. The molecule has 1 rings (SSSR count). The van der Waals surface area contributed by atoms with Crippen molar-refractivity contribution >= 4 is 9.28 Å². The van der Waals surface area contributed by atoms with E-state index in [2.05, 4.69) is 0 Å². The van der Waals surface area contributed by atoms with Gasteiger partial charge in [-0.3, -0.25) is 0 Å². The van der Waals surface area contributed by atoms with E-state index in [9.17, 15) is 0 Å². The molecule has 0 aromatic rings. The summed E-state index contributed by atoms with van der Waals surface area (Å²) in [6.45, 7) is 12.4. The van der Waals surface area contributed by atoms with Gasteiger partial charge in [-0.15, -0.1) is 0 Å². The summed E-state index contributed by atoms with van der Waals surface area (Å²) in [5.74, 6) is 0. The molecule has 1 heterocycles. The van der Waals surface area contributed by atoms with Crippen LogP contribution in [0.5, 0.6) is 0 Å². The van der Waals surface area contributed by atoms with E-state index in [4.69, 9.17) is 27.8 Å². The van der Waals surface area contributed by atoms with E-state index in [1.165, 1.54) is 0 Å². The highest BCUT2D eigenvalue weighted by Crippen LogP contribution is 2.26. The Morgan fingerprint density at radius 2 is 1.59 bits per heavy atom. The Balaban J connectivity index is 2.55. The van der Waals surface area contributed by atoms with Gasteiger partial charge in [-0.2, -0.15) is 0 Å². The third-order valence-electron chi connectivity index (χ3n) is 3.29. The minimum atomic E-state index is -2.10. The second-order valence-electron chi connectivity index (χ2n) is 5.05. The van der Waals surface area contributed by atoms with Crippen LogP contribution in [-0.2, 0) is 27.8 Å². The zero-order valence-corrected chi connectivity index (χ0v) is 15.6. The lowest BCUT2D eigenvalue weighted by atomic mass is 10.3. The smallest absolute Gasteiger partial charge is 0.383 e. The maximum Gasteiger partial charge on any atom is 0.383 e. The quantitative estimate of drug-likeness (QED) is 0.197. The van der Waals surface area contributed by atoms with Gasteiger partial charge in [0.15, 0.2) is 0 Å².